The van der Waals surface area contributed by atoms with Crippen LogP contribution in [0.4, 0.5) is 0 Å². The van der Waals surface area contributed by atoms with E-state index in [4.69, 9.17) is 9.84 Å². The number of aliphatic hydroxyl groups excluding tert-OH is 1. The Morgan fingerprint density at radius 2 is 1.88 bits per heavy atom. The van der Waals surface area contributed by atoms with Crippen LogP contribution in [0.5, 0.6) is 5.75 Å². The third-order valence-corrected chi connectivity index (χ3v) is 5.90. The van der Waals surface area contributed by atoms with E-state index in [1.807, 2.05) is 11.8 Å². The van der Waals surface area contributed by atoms with Crippen molar-refractivity contribution in [3.8, 4) is 5.75 Å². The Morgan fingerprint density at radius 1 is 1.20 bits per heavy atom. The number of ether oxygens (including phenoxy) is 1. The molecule has 0 radical (unpaired) electrons. The first-order chi connectivity index (χ1) is 12.1. The summed E-state index contributed by atoms with van der Waals surface area (Å²) in [6.07, 6.45) is 4.06. The van der Waals surface area contributed by atoms with Gasteiger partial charge in [0, 0.05) is 32.7 Å². The molecule has 1 N–H and O–H groups in total. The zero-order valence-electron chi connectivity index (χ0n) is 15.5. The molecule has 2 fully saturated rings. The summed E-state index contributed by atoms with van der Waals surface area (Å²) in [4.78, 5) is 17.7. The van der Waals surface area contributed by atoms with Crippen LogP contribution in [0.25, 0.3) is 0 Å². The molecule has 138 valence electrons. The number of methoxy groups -OCH3 is 1. The Kier molecular flexibility index (Phi) is 5.64. The number of benzene rings is 1. The minimum atomic E-state index is -0.389. The molecule has 1 heterocycles. The lowest BCUT2D eigenvalue weighted by molar-refractivity contribution is -0.139. The number of amides is 1. The molecule has 5 nitrogen and oxygen atoms in total. The Hall–Kier alpha value is -1.59. The number of carbonyl (C=O) groups excluding carboxylic acids is 1. The fraction of sp³-hybridized carbons (Fsp3) is 0.650. The number of hydrogen-bond acceptors (Lipinski definition) is 4. The number of β-amino-alcohol motifs (C(OH)–C–C–N with tert-alkyl or cyclic N) is 1. The summed E-state index contributed by atoms with van der Waals surface area (Å²) >= 11 is 0. The summed E-state index contributed by atoms with van der Waals surface area (Å²) in [6.45, 7) is 6.11. The normalized spacial score (nSPS) is 20.7. The standard InChI is InChI=1S/C20H30N2O3/c1-16-5-6-17(15-18(16)25-2)20(7-3-4-8-20)19(24)22-11-9-21(10-12-22)13-14-23/h5-6,15,23H,3-4,7-14H2,1-2H3. The van der Waals surface area contributed by atoms with Gasteiger partial charge in [0.25, 0.3) is 0 Å². The van der Waals surface area contributed by atoms with Crippen LogP contribution in [0.2, 0.25) is 0 Å². The highest BCUT2D eigenvalue weighted by atomic mass is 16.5. The lowest BCUT2D eigenvalue weighted by Crippen LogP contribution is -2.54. The number of aliphatic hydroxyl groups is 1. The van der Waals surface area contributed by atoms with Gasteiger partial charge in [0.1, 0.15) is 5.75 Å². The number of carbonyl (C=O) groups is 1. The molecule has 1 saturated heterocycles. The minimum absolute atomic E-state index is 0.182. The molecule has 0 bridgehead atoms. The van der Waals surface area contributed by atoms with E-state index in [0.717, 1.165) is 68.7 Å². The van der Waals surface area contributed by atoms with Crippen LogP contribution >= 0.6 is 0 Å². The van der Waals surface area contributed by atoms with Crippen molar-refractivity contribution in [2.24, 2.45) is 0 Å². The molecule has 1 aromatic carbocycles. The average molecular weight is 346 g/mol. The number of hydrogen-bond donors (Lipinski definition) is 1. The smallest absolute Gasteiger partial charge is 0.233 e. The summed E-state index contributed by atoms with van der Waals surface area (Å²) < 4.78 is 5.50. The Labute approximate surface area is 150 Å². The minimum Gasteiger partial charge on any atom is -0.496 e. The highest BCUT2D eigenvalue weighted by Crippen LogP contribution is 2.44. The molecule has 1 aromatic rings. The first kappa shape index (κ1) is 18.2. The molecule has 0 spiro atoms. The summed E-state index contributed by atoms with van der Waals surface area (Å²) in [5.74, 6) is 1.14. The highest BCUT2D eigenvalue weighted by Gasteiger charge is 2.45. The fourth-order valence-electron chi connectivity index (χ4n) is 4.34. The zero-order valence-corrected chi connectivity index (χ0v) is 15.5. The molecule has 0 atom stereocenters. The zero-order chi connectivity index (χ0) is 17.9. The molecule has 0 unspecified atom stereocenters. The van der Waals surface area contributed by atoms with Crippen LogP contribution < -0.4 is 4.74 Å². The fourth-order valence-corrected chi connectivity index (χ4v) is 4.34. The summed E-state index contributed by atoms with van der Waals surface area (Å²) in [7, 11) is 1.69. The number of piperazine rings is 1. The first-order valence-corrected chi connectivity index (χ1v) is 9.38. The maximum absolute atomic E-state index is 13.5. The average Bonchev–Trinajstić information content (AvgIpc) is 3.13. The molecule has 3 rings (SSSR count). The number of nitrogens with zero attached hydrogens (tertiary/aromatic N) is 2. The van der Waals surface area contributed by atoms with Gasteiger partial charge in [-0.15, -0.1) is 0 Å². The van der Waals surface area contributed by atoms with Gasteiger partial charge in [-0.3, -0.25) is 9.69 Å². The first-order valence-electron chi connectivity index (χ1n) is 9.38. The lowest BCUT2D eigenvalue weighted by Gasteiger charge is -2.40. The van der Waals surface area contributed by atoms with Gasteiger partial charge in [0.15, 0.2) is 0 Å². The predicted octanol–water partition coefficient (Wildman–Crippen LogP) is 1.95. The van der Waals surface area contributed by atoms with Crippen LogP contribution in [0.1, 0.15) is 36.8 Å². The van der Waals surface area contributed by atoms with Crippen molar-refractivity contribution in [1.29, 1.82) is 0 Å². The molecule has 0 aromatic heterocycles. The second-order valence-corrected chi connectivity index (χ2v) is 7.33. The monoisotopic (exact) mass is 346 g/mol. The topological polar surface area (TPSA) is 53.0 Å². The Balaban J connectivity index is 1.82. The van der Waals surface area contributed by atoms with Crippen LogP contribution in [0.3, 0.4) is 0 Å². The van der Waals surface area contributed by atoms with Crippen molar-refractivity contribution in [3.05, 3.63) is 29.3 Å². The van der Waals surface area contributed by atoms with E-state index in [2.05, 4.69) is 23.1 Å². The van der Waals surface area contributed by atoms with Crippen LogP contribution in [0, 0.1) is 6.92 Å². The molecule has 1 saturated carbocycles. The molecule has 1 aliphatic carbocycles. The van der Waals surface area contributed by atoms with Gasteiger partial charge in [-0.2, -0.15) is 0 Å². The number of aryl methyl sites for hydroxylation is 1. The summed E-state index contributed by atoms with van der Waals surface area (Å²) in [5.41, 5.74) is 1.82. The second-order valence-electron chi connectivity index (χ2n) is 7.33. The van der Waals surface area contributed by atoms with E-state index >= 15 is 0 Å². The van der Waals surface area contributed by atoms with E-state index < -0.39 is 0 Å². The van der Waals surface area contributed by atoms with Crippen molar-refractivity contribution >= 4 is 5.91 Å². The van der Waals surface area contributed by atoms with Crippen LogP contribution in [-0.4, -0.2) is 67.3 Å². The van der Waals surface area contributed by atoms with Crippen LogP contribution in [0.15, 0.2) is 18.2 Å². The highest BCUT2D eigenvalue weighted by molar-refractivity contribution is 5.89. The molecule has 2 aliphatic rings. The SMILES string of the molecule is COc1cc(C2(C(=O)N3CCN(CCO)CC3)CCCC2)ccc1C. The Morgan fingerprint density at radius 3 is 2.48 bits per heavy atom. The van der Waals surface area contributed by atoms with Gasteiger partial charge in [0.2, 0.25) is 5.91 Å². The molecular weight excluding hydrogens is 316 g/mol. The maximum atomic E-state index is 13.5. The second kappa shape index (κ2) is 7.75. The van der Waals surface area contributed by atoms with Crippen LogP contribution in [-0.2, 0) is 10.2 Å². The third-order valence-electron chi connectivity index (χ3n) is 5.90. The van der Waals surface area contributed by atoms with Gasteiger partial charge in [-0.05, 0) is 37.0 Å². The van der Waals surface area contributed by atoms with Crippen molar-refractivity contribution in [3.63, 3.8) is 0 Å². The van der Waals surface area contributed by atoms with Gasteiger partial charge in [-0.1, -0.05) is 25.0 Å². The molecule has 1 aliphatic heterocycles. The van der Waals surface area contributed by atoms with E-state index in [1.165, 1.54) is 0 Å². The van der Waals surface area contributed by atoms with Crippen molar-refractivity contribution in [2.45, 2.75) is 38.0 Å². The van der Waals surface area contributed by atoms with Gasteiger partial charge in [0.05, 0.1) is 19.1 Å². The molecule has 5 heteroatoms. The molecule has 25 heavy (non-hydrogen) atoms. The lowest BCUT2D eigenvalue weighted by atomic mass is 9.77. The summed E-state index contributed by atoms with van der Waals surface area (Å²) in [6, 6.07) is 6.25. The van der Waals surface area contributed by atoms with E-state index in [9.17, 15) is 4.79 Å². The quantitative estimate of drug-likeness (QED) is 0.885. The Bertz CT molecular complexity index is 603. The van der Waals surface area contributed by atoms with Crippen molar-refractivity contribution in [1.82, 2.24) is 9.80 Å². The third kappa shape index (κ3) is 3.53. The summed E-state index contributed by atoms with van der Waals surface area (Å²) in [5, 5.41) is 9.09. The van der Waals surface area contributed by atoms with Crippen molar-refractivity contribution in [2.75, 3.05) is 46.4 Å². The van der Waals surface area contributed by atoms with Gasteiger partial charge >= 0.3 is 0 Å². The van der Waals surface area contributed by atoms with Crippen molar-refractivity contribution < 1.29 is 14.6 Å². The predicted molar refractivity (Wildman–Crippen MR) is 98.0 cm³/mol. The maximum Gasteiger partial charge on any atom is 0.233 e. The van der Waals surface area contributed by atoms with E-state index in [-0.39, 0.29) is 17.9 Å². The molecular formula is C20H30N2O3. The number of rotatable bonds is 5. The van der Waals surface area contributed by atoms with Gasteiger partial charge in [-0.25, -0.2) is 0 Å². The van der Waals surface area contributed by atoms with Gasteiger partial charge < -0.3 is 14.7 Å². The molecule has 1 amide bonds. The van der Waals surface area contributed by atoms with E-state index in [0.29, 0.717) is 6.54 Å². The van der Waals surface area contributed by atoms with E-state index in [1.54, 1.807) is 7.11 Å². The largest absolute Gasteiger partial charge is 0.496 e.